The summed E-state index contributed by atoms with van der Waals surface area (Å²) in [4.78, 5) is 29.2. The number of nitrogens with zero attached hydrogens (tertiary/aromatic N) is 2. The van der Waals surface area contributed by atoms with Gasteiger partial charge in [-0.25, -0.2) is 8.42 Å². The second-order valence-electron chi connectivity index (χ2n) is 10.6. The molecule has 3 aromatic rings. The number of amides is 2. The zero-order chi connectivity index (χ0) is 31.3. The van der Waals surface area contributed by atoms with Crippen LogP contribution in [0.4, 0.5) is 5.69 Å². The highest BCUT2D eigenvalue weighted by molar-refractivity contribution is 7.92. The van der Waals surface area contributed by atoms with Gasteiger partial charge in [0.2, 0.25) is 11.8 Å². The van der Waals surface area contributed by atoms with Gasteiger partial charge in [-0.3, -0.25) is 13.9 Å². The molecule has 0 spiro atoms. The lowest BCUT2D eigenvalue weighted by atomic mass is 10.1. The number of benzene rings is 3. The van der Waals surface area contributed by atoms with E-state index in [2.05, 4.69) is 5.32 Å². The van der Waals surface area contributed by atoms with E-state index in [0.717, 1.165) is 35.6 Å². The van der Waals surface area contributed by atoms with Crippen LogP contribution in [0.5, 0.6) is 0 Å². The van der Waals surface area contributed by atoms with Crippen LogP contribution in [0.3, 0.4) is 0 Å². The summed E-state index contributed by atoms with van der Waals surface area (Å²) in [6, 6.07) is 14.7. The molecule has 230 valence electrons. The standard InChI is InChI=1S/C31H33Cl4N3O4S/c1-3-28(31(40)36-22-7-4-5-8-22)37(18-24-25(33)9-6-10-26(24)34)30(39)19-38(29-17-21(32)13-16-27(29)35)43(41,42)23-14-11-20(2)12-15-23/h6,9-17,22,28H,3-5,7-8,18-19H2,1-2H3,(H,36,40)/t28-/m1/s1. The number of anilines is 1. The van der Waals surface area contributed by atoms with Gasteiger partial charge in [0.05, 0.1) is 15.6 Å². The van der Waals surface area contributed by atoms with Crippen molar-refractivity contribution < 1.29 is 18.0 Å². The highest BCUT2D eigenvalue weighted by Gasteiger charge is 2.35. The lowest BCUT2D eigenvalue weighted by Crippen LogP contribution is -2.53. The molecule has 1 aliphatic rings. The Kier molecular flexibility index (Phi) is 11.3. The largest absolute Gasteiger partial charge is 0.352 e. The predicted octanol–water partition coefficient (Wildman–Crippen LogP) is 7.67. The Morgan fingerprint density at radius 2 is 1.56 bits per heavy atom. The highest BCUT2D eigenvalue weighted by Crippen LogP contribution is 2.34. The Morgan fingerprint density at radius 1 is 0.930 bits per heavy atom. The van der Waals surface area contributed by atoms with Gasteiger partial charge in [-0.05, 0) is 68.7 Å². The van der Waals surface area contributed by atoms with Crippen LogP contribution < -0.4 is 9.62 Å². The maximum absolute atomic E-state index is 14.3. The van der Waals surface area contributed by atoms with Crippen molar-refractivity contribution >= 4 is 73.9 Å². The van der Waals surface area contributed by atoms with Crippen LogP contribution >= 0.6 is 46.4 Å². The molecule has 3 aromatic carbocycles. The van der Waals surface area contributed by atoms with Gasteiger partial charge in [-0.2, -0.15) is 0 Å². The molecule has 1 N–H and O–H groups in total. The van der Waals surface area contributed by atoms with E-state index in [1.54, 1.807) is 37.3 Å². The maximum Gasteiger partial charge on any atom is 0.264 e. The highest BCUT2D eigenvalue weighted by atomic mass is 35.5. The summed E-state index contributed by atoms with van der Waals surface area (Å²) < 4.78 is 29.1. The maximum atomic E-state index is 14.3. The first-order chi connectivity index (χ1) is 20.4. The van der Waals surface area contributed by atoms with Crippen LogP contribution in [-0.4, -0.2) is 43.8 Å². The number of rotatable bonds is 11. The zero-order valence-electron chi connectivity index (χ0n) is 23.8. The number of hydrogen-bond donors (Lipinski definition) is 1. The van der Waals surface area contributed by atoms with Gasteiger partial charge in [-0.1, -0.05) is 89.9 Å². The van der Waals surface area contributed by atoms with Gasteiger partial charge in [0, 0.05) is 33.2 Å². The second kappa shape index (κ2) is 14.5. The van der Waals surface area contributed by atoms with E-state index >= 15 is 0 Å². The van der Waals surface area contributed by atoms with E-state index < -0.39 is 28.5 Å². The molecule has 1 fully saturated rings. The molecule has 1 saturated carbocycles. The summed E-state index contributed by atoms with van der Waals surface area (Å²) in [6.07, 6.45) is 4.04. The molecule has 0 bridgehead atoms. The molecule has 43 heavy (non-hydrogen) atoms. The molecule has 0 radical (unpaired) electrons. The third-order valence-electron chi connectivity index (χ3n) is 7.54. The molecule has 0 aliphatic heterocycles. The summed E-state index contributed by atoms with van der Waals surface area (Å²) in [5.41, 5.74) is 1.34. The minimum atomic E-state index is -4.31. The zero-order valence-corrected chi connectivity index (χ0v) is 27.7. The molecule has 0 saturated heterocycles. The fourth-order valence-electron chi connectivity index (χ4n) is 5.17. The smallest absolute Gasteiger partial charge is 0.264 e. The summed E-state index contributed by atoms with van der Waals surface area (Å²) in [5.74, 6) is -0.962. The molecule has 0 heterocycles. The lowest BCUT2D eigenvalue weighted by Gasteiger charge is -2.34. The number of halogens is 4. The third kappa shape index (κ3) is 7.97. The lowest BCUT2D eigenvalue weighted by molar-refractivity contribution is -0.140. The van der Waals surface area contributed by atoms with Gasteiger partial charge in [0.15, 0.2) is 0 Å². The Morgan fingerprint density at radius 3 is 2.16 bits per heavy atom. The average molecular weight is 686 g/mol. The average Bonchev–Trinajstić information content (AvgIpc) is 3.47. The van der Waals surface area contributed by atoms with Crippen LogP contribution in [0, 0.1) is 6.92 Å². The van der Waals surface area contributed by atoms with Crippen molar-refractivity contribution in [3.8, 4) is 0 Å². The summed E-state index contributed by atoms with van der Waals surface area (Å²) >= 11 is 25.7. The fraction of sp³-hybridized carbons (Fsp3) is 0.355. The molecule has 0 aromatic heterocycles. The van der Waals surface area contributed by atoms with Crippen LogP contribution in [0.2, 0.25) is 20.1 Å². The normalized spacial score (nSPS) is 14.4. The minimum Gasteiger partial charge on any atom is -0.352 e. The van der Waals surface area contributed by atoms with Crippen molar-refractivity contribution in [3.05, 3.63) is 91.9 Å². The van der Waals surface area contributed by atoms with Crippen molar-refractivity contribution in [1.82, 2.24) is 10.2 Å². The monoisotopic (exact) mass is 683 g/mol. The Balaban J connectivity index is 1.78. The number of nitrogens with one attached hydrogen (secondary N) is 1. The molecule has 7 nitrogen and oxygen atoms in total. The van der Waals surface area contributed by atoms with Crippen molar-refractivity contribution in [2.24, 2.45) is 0 Å². The molecule has 1 aliphatic carbocycles. The Bertz CT molecular complexity index is 1560. The number of carbonyl (C=O) groups excluding carboxylic acids is 2. The van der Waals surface area contributed by atoms with Crippen molar-refractivity contribution in [2.45, 2.75) is 69.5 Å². The first kappa shape index (κ1) is 33.4. The summed E-state index contributed by atoms with van der Waals surface area (Å²) in [5, 5.41) is 4.03. The molecular weight excluding hydrogens is 652 g/mol. The second-order valence-corrected chi connectivity index (χ2v) is 14.1. The first-order valence-corrected chi connectivity index (χ1v) is 16.9. The number of sulfonamides is 1. The van der Waals surface area contributed by atoms with Crippen LogP contribution in [-0.2, 0) is 26.2 Å². The molecule has 4 rings (SSSR count). The topological polar surface area (TPSA) is 86.8 Å². The van der Waals surface area contributed by atoms with Gasteiger partial charge in [0.1, 0.15) is 12.6 Å². The third-order valence-corrected chi connectivity index (χ3v) is 10.6. The summed E-state index contributed by atoms with van der Waals surface area (Å²) in [7, 11) is -4.31. The van der Waals surface area contributed by atoms with Crippen molar-refractivity contribution in [3.63, 3.8) is 0 Å². The van der Waals surface area contributed by atoms with Crippen molar-refractivity contribution in [2.75, 3.05) is 10.8 Å². The van der Waals surface area contributed by atoms with E-state index in [1.165, 1.54) is 35.2 Å². The molecule has 1 atom stereocenters. The van der Waals surface area contributed by atoms with E-state index in [-0.39, 0.29) is 45.5 Å². The first-order valence-electron chi connectivity index (χ1n) is 14.0. The van der Waals surface area contributed by atoms with Gasteiger partial charge < -0.3 is 10.2 Å². The molecule has 0 unspecified atom stereocenters. The predicted molar refractivity (Wildman–Crippen MR) is 174 cm³/mol. The molecule has 12 heteroatoms. The fourth-order valence-corrected chi connectivity index (χ4v) is 7.55. The van der Waals surface area contributed by atoms with E-state index in [0.29, 0.717) is 15.6 Å². The van der Waals surface area contributed by atoms with E-state index in [1.807, 2.05) is 6.92 Å². The molecule has 2 amide bonds. The van der Waals surface area contributed by atoms with Gasteiger partial charge >= 0.3 is 0 Å². The number of hydrogen-bond acceptors (Lipinski definition) is 4. The quantitative estimate of drug-likeness (QED) is 0.225. The Labute approximate surface area is 273 Å². The number of aryl methyl sites for hydroxylation is 1. The van der Waals surface area contributed by atoms with Gasteiger partial charge in [-0.15, -0.1) is 0 Å². The van der Waals surface area contributed by atoms with Crippen molar-refractivity contribution in [1.29, 1.82) is 0 Å². The summed E-state index contributed by atoms with van der Waals surface area (Å²) in [6.45, 7) is 2.86. The van der Waals surface area contributed by atoms with Crippen LogP contribution in [0.25, 0.3) is 0 Å². The Hall–Kier alpha value is -2.49. The van der Waals surface area contributed by atoms with Crippen LogP contribution in [0.15, 0.2) is 65.6 Å². The van der Waals surface area contributed by atoms with Gasteiger partial charge in [0.25, 0.3) is 10.0 Å². The van der Waals surface area contributed by atoms with E-state index in [9.17, 15) is 18.0 Å². The number of carbonyl (C=O) groups is 2. The minimum absolute atomic E-state index is 0.0195. The molecular formula is C31H33Cl4N3O4S. The van der Waals surface area contributed by atoms with Crippen LogP contribution in [0.1, 0.15) is 50.2 Å². The van der Waals surface area contributed by atoms with E-state index in [4.69, 9.17) is 46.4 Å². The SMILES string of the molecule is CC[C@H](C(=O)NC1CCCC1)N(Cc1c(Cl)cccc1Cl)C(=O)CN(c1cc(Cl)ccc1Cl)S(=O)(=O)c1ccc(C)cc1.